The van der Waals surface area contributed by atoms with Gasteiger partial charge in [-0.2, -0.15) is 5.26 Å². The van der Waals surface area contributed by atoms with Crippen molar-refractivity contribution in [1.29, 1.82) is 5.26 Å². The average molecular weight is 331 g/mol. The lowest BCUT2D eigenvalue weighted by molar-refractivity contribution is 0.103. The number of ketones is 1. The van der Waals surface area contributed by atoms with Gasteiger partial charge in [0.05, 0.1) is 0 Å². The summed E-state index contributed by atoms with van der Waals surface area (Å²) in [5, 5.41) is 10.5. The van der Waals surface area contributed by atoms with Gasteiger partial charge in [0, 0.05) is 46.2 Å². The van der Waals surface area contributed by atoms with Gasteiger partial charge >= 0.3 is 0 Å². The van der Waals surface area contributed by atoms with Crippen LogP contribution in [0, 0.1) is 25.2 Å². The van der Waals surface area contributed by atoms with E-state index in [0.717, 1.165) is 40.8 Å². The van der Waals surface area contributed by atoms with Gasteiger partial charge in [-0.3, -0.25) is 4.79 Å². The predicted octanol–water partition coefficient (Wildman–Crippen LogP) is 4.79. The van der Waals surface area contributed by atoms with Crippen LogP contribution in [0.15, 0.2) is 42.1 Å². The van der Waals surface area contributed by atoms with E-state index in [0.29, 0.717) is 5.56 Å². The highest BCUT2D eigenvalue weighted by molar-refractivity contribution is 6.15. The minimum atomic E-state index is -0.219. The number of allylic oxidation sites excluding steroid dienone is 1. The molecule has 0 unspecified atom stereocenters. The molecule has 0 bridgehead atoms. The maximum atomic E-state index is 12.9. The summed E-state index contributed by atoms with van der Waals surface area (Å²) in [5.41, 5.74) is 4.57. The van der Waals surface area contributed by atoms with Crippen LogP contribution in [-0.4, -0.2) is 15.3 Å². The Morgan fingerprint density at radius 2 is 2.08 bits per heavy atom. The summed E-state index contributed by atoms with van der Waals surface area (Å²) in [7, 11) is 0. The fourth-order valence-corrected chi connectivity index (χ4v) is 3.26. The van der Waals surface area contributed by atoms with Gasteiger partial charge in [-0.1, -0.05) is 25.1 Å². The first-order valence-corrected chi connectivity index (χ1v) is 8.46. The van der Waals surface area contributed by atoms with Crippen molar-refractivity contribution in [2.45, 2.75) is 33.7 Å². The Kier molecular flexibility index (Phi) is 4.58. The third kappa shape index (κ3) is 3.01. The molecule has 2 aromatic heterocycles. The van der Waals surface area contributed by atoms with E-state index in [9.17, 15) is 10.1 Å². The summed E-state index contributed by atoms with van der Waals surface area (Å²) in [6, 6.07) is 11.8. The van der Waals surface area contributed by atoms with Crippen LogP contribution < -0.4 is 0 Å². The Balaban J connectivity index is 2.03. The number of rotatable bonds is 5. The van der Waals surface area contributed by atoms with Gasteiger partial charge in [0.15, 0.2) is 0 Å². The van der Waals surface area contributed by atoms with E-state index in [4.69, 9.17) is 0 Å². The fraction of sp³-hybridized carbons (Fsp3) is 0.238. The quantitative estimate of drug-likeness (QED) is 0.415. The van der Waals surface area contributed by atoms with E-state index in [1.54, 1.807) is 6.08 Å². The van der Waals surface area contributed by atoms with E-state index in [-0.39, 0.29) is 11.4 Å². The molecule has 0 atom stereocenters. The second-order valence-corrected chi connectivity index (χ2v) is 6.22. The Bertz CT molecular complexity index is 1010. The SMILES string of the molecule is CCCn1c(C)cc(C(=O)/C(C#N)=C/c2c[nH]c3ccccc23)c1C. The minimum Gasteiger partial charge on any atom is -0.361 e. The smallest absolute Gasteiger partial charge is 0.205 e. The number of nitriles is 1. The van der Waals surface area contributed by atoms with Crippen molar-refractivity contribution in [2.24, 2.45) is 0 Å². The van der Waals surface area contributed by atoms with Gasteiger partial charge < -0.3 is 9.55 Å². The number of aryl methyl sites for hydroxylation is 1. The number of aromatic amines is 1. The number of nitrogens with zero attached hydrogens (tertiary/aromatic N) is 2. The highest BCUT2D eigenvalue weighted by Crippen LogP contribution is 2.23. The first-order valence-electron chi connectivity index (χ1n) is 8.46. The van der Waals surface area contributed by atoms with E-state index >= 15 is 0 Å². The van der Waals surface area contributed by atoms with Crippen LogP contribution in [0.3, 0.4) is 0 Å². The van der Waals surface area contributed by atoms with E-state index in [1.807, 2.05) is 50.4 Å². The van der Waals surface area contributed by atoms with Gasteiger partial charge in [0.2, 0.25) is 5.78 Å². The van der Waals surface area contributed by atoms with Crippen LogP contribution in [0.2, 0.25) is 0 Å². The van der Waals surface area contributed by atoms with Crippen LogP contribution in [0.4, 0.5) is 0 Å². The Morgan fingerprint density at radius 3 is 2.80 bits per heavy atom. The van der Waals surface area contributed by atoms with Crippen molar-refractivity contribution < 1.29 is 4.79 Å². The Morgan fingerprint density at radius 1 is 1.32 bits per heavy atom. The molecule has 126 valence electrons. The van der Waals surface area contributed by atoms with Gasteiger partial charge in [0.25, 0.3) is 0 Å². The monoisotopic (exact) mass is 331 g/mol. The number of H-pyrrole nitrogens is 1. The molecule has 0 aliphatic heterocycles. The summed E-state index contributed by atoms with van der Waals surface area (Å²) in [6.45, 7) is 6.92. The number of aromatic nitrogens is 2. The second kappa shape index (κ2) is 6.82. The summed E-state index contributed by atoms with van der Waals surface area (Å²) in [6.07, 6.45) is 4.50. The zero-order valence-electron chi connectivity index (χ0n) is 14.8. The summed E-state index contributed by atoms with van der Waals surface area (Å²) in [5.74, 6) is -0.219. The minimum absolute atomic E-state index is 0.154. The molecule has 0 radical (unpaired) electrons. The first-order chi connectivity index (χ1) is 12.1. The molecule has 4 heteroatoms. The molecule has 0 saturated heterocycles. The molecule has 4 nitrogen and oxygen atoms in total. The van der Waals surface area contributed by atoms with Gasteiger partial charge in [-0.25, -0.2) is 0 Å². The zero-order valence-corrected chi connectivity index (χ0v) is 14.8. The number of fused-ring (bicyclic) bond motifs is 1. The van der Waals surface area contributed by atoms with E-state index in [2.05, 4.69) is 22.5 Å². The number of carbonyl (C=O) groups excluding carboxylic acids is 1. The van der Waals surface area contributed by atoms with Gasteiger partial charge in [-0.05, 0) is 38.5 Å². The number of carbonyl (C=O) groups is 1. The predicted molar refractivity (Wildman–Crippen MR) is 100 cm³/mol. The summed E-state index contributed by atoms with van der Waals surface area (Å²) < 4.78 is 2.13. The van der Waals surface area contributed by atoms with Crippen LogP contribution in [0.25, 0.3) is 17.0 Å². The number of nitrogens with one attached hydrogen (secondary N) is 1. The largest absolute Gasteiger partial charge is 0.361 e. The number of hydrogen-bond donors (Lipinski definition) is 1. The standard InChI is InChI=1S/C21H21N3O/c1-4-9-24-14(2)10-19(15(24)3)21(25)16(12-22)11-17-13-23-20-8-6-5-7-18(17)20/h5-8,10-11,13,23H,4,9H2,1-3H3/b16-11+. The van der Waals surface area contributed by atoms with Crippen LogP contribution >= 0.6 is 0 Å². The van der Waals surface area contributed by atoms with Crippen molar-refractivity contribution in [2.75, 3.05) is 0 Å². The summed E-state index contributed by atoms with van der Waals surface area (Å²) in [4.78, 5) is 16.1. The van der Waals surface area contributed by atoms with Crippen molar-refractivity contribution in [1.82, 2.24) is 9.55 Å². The third-order valence-electron chi connectivity index (χ3n) is 4.55. The molecule has 0 aliphatic rings. The van der Waals surface area contributed by atoms with Gasteiger partial charge in [-0.15, -0.1) is 0 Å². The first kappa shape index (κ1) is 16.8. The maximum Gasteiger partial charge on any atom is 0.205 e. The highest BCUT2D eigenvalue weighted by atomic mass is 16.1. The Hall–Kier alpha value is -3.06. The molecule has 0 fully saturated rings. The van der Waals surface area contributed by atoms with Crippen LogP contribution in [-0.2, 0) is 6.54 Å². The lowest BCUT2D eigenvalue weighted by Crippen LogP contribution is -2.06. The van der Waals surface area contributed by atoms with Crippen molar-refractivity contribution in [3.8, 4) is 6.07 Å². The lowest BCUT2D eigenvalue weighted by atomic mass is 10.0. The normalized spacial score (nSPS) is 11.7. The number of Topliss-reactive ketones (excluding diaryl/α,β-unsaturated/α-hetero) is 1. The maximum absolute atomic E-state index is 12.9. The molecule has 0 amide bonds. The van der Waals surface area contributed by atoms with Crippen molar-refractivity contribution in [3.05, 3.63) is 64.6 Å². The molecule has 2 heterocycles. The van der Waals surface area contributed by atoms with Gasteiger partial charge in [0.1, 0.15) is 11.6 Å². The van der Waals surface area contributed by atoms with Crippen molar-refractivity contribution in [3.63, 3.8) is 0 Å². The molecular weight excluding hydrogens is 310 g/mol. The number of benzene rings is 1. The molecule has 0 spiro atoms. The third-order valence-corrected chi connectivity index (χ3v) is 4.55. The van der Waals surface area contributed by atoms with Crippen molar-refractivity contribution >= 4 is 22.8 Å². The number of hydrogen-bond acceptors (Lipinski definition) is 2. The topological polar surface area (TPSA) is 61.6 Å². The average Bonchev–Trinajstić information content (AvgIpc) is 3.15. The molecular formula is C21H21N3O. The second-order valence-electron chi connectivity index (χ2n) is 6.22. The lowest BCUT2D eigenvalue weighted by Gasteiger charge is -2.07. The molecule has 3 rings (SSSR count). The van der Waals surface area contributed by atoms with E-state index in [1.165, 1.54) is 0 Å². The Labute approximate surface area is 147 Å². The van der Waals surface area contributed by atoms with Crippen LogP contribution in [0.5, 0.6) is 0 Å². The molecule has 1 aromatic carbocycles. The molecule has 3 aromatic rings. The van der Waals surface area contributed by atoms with Crippen LogP contribution in [0.1, 0.15) is 40.7 Å². The summed E-state index contributed by atoms with van der Waals surface area (Å²) >= 11 is 0. The molecule has 0 saturated carbocycles. The van der Waals surface area contributed by atoms with E-state index < -0.39 is 0 Å². The number of para-hydroxylation sites is 1. The molecule has 1 N–H and O–H groups in total. The molecule has 25 heavy (non-hydrogen) atoms. The zero-order chi connectivity index (χ0) is 18.0. The highest BCUT2D eigenvalue weighted by Gasteiger charge is 2.19. The molecule has 0 aliphatic carbocycles. The fourth-order valence-electron chi connectivity index (χ4n) is 3.26.